The predicted molar refractivity (Wildman–Crippen MR) is 80.3 cm³/mol. The minimum Gasteiger partial charge on any atom is -0.508 e. The van der Waals surface area contributed by atoms with Crippen molar-refractivity contribution in [1.29, 1.82) is 0 Å². The van der Waals surface area contributed by atoms with Gasteiger partial charge in [-0.05, 0) is 43.3 Å². The zero-order chi connectivity index (χ0) is 14.8. The van der Waals surface area contributed by atoms with Crippen LogP contribution in [0.2, 0.25) is 0 Å². The van der Waals surface area contributed by atoms with E-state index in [0.717, 1.165) is 16.9 Å². The number of hydrogen-bond acceptors (Lipinski definition) is 5. The normalized spacial score (nSPS) is 12.5. The number of aliphatic hydroxyl groups excluding tert-OH is 1. The van der Waals surface area contributed by atoms with Gasteiger partial charge >= 0.3 is 0 Å². The van der Waals surface area contributed by atoms with E-state index < -0.39 is 0 Å². The average molecular weight is 284 g/mol. The number of imidazole rings is 1. The number of aromatic hydroxyl groups is 1. The molecule has 3 aromatic rings. The van der Waals surface area contributed by atoms with Crippen LogP contribution in [-0.2, 0) is 0 Å². The van der Waals surface area contributed by atoms with Gasteiger partial charge in [-0.2, -0.15) is 0 Å². The fourth-order valence-corrected chi connectivity index (χ4v) is 2.08. The minimum atomic E-state index is -0.0735. The lowest BCUT2D eigenvalue weighted by Crippen LogP contribution is -2.20. The van der Waals surface area contributed by atoms with E-state index in [0.29, 0.717) is 5.82 Å². The van der Waals surface area contributed by atoms with Gasteiger partial charge in [-0.3, -0.25) is 0 Å². The fourth-order valence-electron chi connectivity index (χ4n) is 2.08. The maximum atomic E-state index is 9.37. The summed E-state index contributed by atoms with van der Waals surface area (Å²) in [6.45, 7) is 1.91. The Labute approximate surface area is 121 Å². The molecule has 0 bridgehead atoms. The number of phenols is 1. The molecule has 0 saturated heterocycles. The monoisotopic (exact) mass is 284 g/mol. The number of nitrogens with one attached hydrogen (secondary N) is 1. The van der Waals surface area contributed by atoms with Crippen molar-refractivity contribution in [3.8, 4) is 17.0 Å². The molecule has 0 aliphatic carbocycles. The Balaban J connectivity index is 2.03. The summed E-state index contributed by atoms with van der Waals surface area (Å²) in [5.41, 5.74) is 2.49. The third-order valence-electron chi connectivity index (χ3n) is 3.19. The highest BCUT2D eigenvalue weighted by Gasteiger charge is 2.09. The molecule has 6 nitrogen and oxygen atoms in total. The van der Waals surface area contributed by atoms with E-state index in [2.05, 4.69) is 15.4 Å². The lowest BCUT2D eigenvalue weighted by Gasteiger charge is -2.11. The van der Waals surface area contributed by atoms with E-state index in [4.69, 9.17) is 5.11 Å². The molecule has 0 unspecified atom stereocenters. The highest BCUT2D eigenvalue weighted by Crippen LogP contribution is 2.23. The van der Waals surface area contributed by atoms with Crippen molar-refractivity contribution >= 4 is 11.5 Å². The zero-order valence-corrected chi connectivity index (χ0v) is 11.6. The number of nitrogens with zero attached hydrogens (tertiary/aromatic N) is 3. The third kappa shape index (κ3) is 2.66. The van der Waals surface area contributed by atoms with E-state index in [1.165, 1.54) is 0 Å². The summed E-state index contributed by atoms with van der Waals surface area (Å²) >= 11 is 0. The second-order valence-electron chi connectivity index (χ2n) is 4.91. The lowest BCUT2D eigenvalue weighted by molar-refractivity contribution is 0.281. The number of phenolic OH excluding ortho intramolecular Hbond substituents is 1. The van der Waals surface area contributed by atoms with Gasteiger partial charge in [0.25, 0.3) is 0 Å². The number of fused-ring (bicyclic) bond motifs is 1. The van der Waals surface area contributed by atoms with Crippen molar-refractivity contribution in [3.05, 3.63) is 42.6 Å². The van der Waals surface area contributed by atoms with Gasteiger partial charge in [0, 0.05) is 11.6 Å². The first-order chi connectivity index (χ1) is 10.2. The second kappa shape index (κ2) is 5.41. The zero-order valence-electron chi connectivity index (χ0n) is 11.6. The summed E-state index contributed by atoms with van der Waals surface area (Å²) in [5.74, 6) is 0.890. The van der Waals surface area contributed by atoms with Gasteiger partial charge < -0.3 is 15.5 Å². The van der Waals surface area contributed by atoms with Gasteiger partial charge in [0.05, 0.1) is 18.5 Å². The van der Waals surface area contributed by atoms with Crippen LogP contribution in [0.4, 0.5) is 5.82 Å². The van der Waals surface area contributed by atoms with E-state index in [9.17, 15) is 5.11 Å². The van der Waals surface area contributed by atoms with Crippen molar-refractivity contribution in [2.45, 2.75) is 13.0 Å². The molecular weight excluding hydrogens is 268 g/mol. The molecule has 1 atom stereocenters. The van der Waals surface area contributed by atoms with Crippen molar-refractivity contribution in [1.82, 2.24) is 14.6 Å². The van der Waals surface area contributed by atoms with Crippen LogP contribution in [0, 0.1) is 0 Å². The number of hydrogen-bond donors (Lipinski definition) is 3. The summed E-state index contributed by atoms with van der Waals surface area (Å²) in [7, 11) is 0. The molecule has 6 heteroatoms. The summed E-state index contributed by atoms with van der Waals surface area (Å²) in [4.78, 5) is 4.32. The predicted octanol–water partition coefficient (Wildman–Crippen LogP) is 1.89. The fraction of sp³-hybridized carbons (Fsp3) is 0.200. The highest BCUT2D eigenvalue weighted by molar-refractivity contribution is 5.64. The average Bonchev–Trinajstić information content (AvgIpc) is 2.91. The maximum Gasteiger partial charge on any atom is 0.154 e. The minimum absolute atomic E-state index is 0.0362. The topological polar surface area (TPSA) is 82.7 Å². The van der Waals surface area contributed by atoms with Crippen LogP contribution in [-0.4, -0.2) is 37.5 Å². The van der Waals surface area contributed by atoms with Crippen LogP contribution in [0.15, 0.2) is 42.6 Å². The van der Waals surface area contributed by atoms with Crippen molar-refractivity contribution < 1.29 is 10.2 Å². The van der Waals surface area contributed by atoms with Crippen LogP contribution < -0.4 is 5.32 Å². The van der Waals surface area contributed by atoms with E-state index in [1.807, 2.05) is 31.2 Å². The van der Waals surface area contributed by atoms with Gasteiger partial charge in [-0.15, -0.1) is 5.10 Å². The van der Waals surface area contributed by atoms with Crippen molar-refractivity contribution in [3.63, 3.8) is 0 Å². The molecule has 108 valence electrons. The van der Waals surface area contributed by atoms with Crippen molar-refractivity contribution in [2.24, 2.45) is 0 Å². The molecule has 0 saturated carbocycles. The molecule has 1 aromatic carbocycles. The number of rotatable bonds is 4. The van der Waals surface area contributed by atoms with Crippen molar-refractivity contribution in [2.75, 3.05) is 11.9 Å². The van der Waals surface area contributed by atoms with Gasteiger partial charge in [-0.1, -0.05) is 0 Å². The summed E-state index contributed by atoms with van der Waals surface area (Å²) in [6, 6.07) is 10.5. The van der Waals surface area contributed by atoms with Gasteiger partial charge in [-0.25, -0.2) is 9.50 Å². The van der Waals surface area contributed by atoms with Crippen LogP contribution >= 0.6 is 0 Å². The SMILES string of the molecule is C[C@H](CO)Nc1ccc2ncc(-c3ccc(O)cc3)n2n1. The Morgan fingerprint density at radius 2 is 1.95 bits per heavy atom. The number of anilines is 1. The molecule has 0 aliphatic heterocycles. The summed E-state index contributed by atoms with van der Waals surface area (Å²) < 4.78 is 1.73. The Morgan fingerprint density at radius 1 is 1.19 bits per heavy atom. The first-order valence-corrected chi connectivity index (χ1v) is 6.69. The van der Waals surface area contributed by atoms with E-state index in [1.54, 1.807) is 22.8 Å². The van der Waals surface area contributed by atoms with Gasteiger partial charge in [0.1, 0.15) is 11.6 Å². The molecule has 0 aliphatic rings. The Kier molecular flexibility index (Phi) is 3.45. The highest BCUT2D eigenvalue weighted by atomic mass is 16.3. The first kappa shape index (κ1) is 13.4. The molecular formula is C15H16N4O2. The third-order valence-corrected chi connectivity index (χ3v) is 3.19. The molecule has 0 amide bonds. The van der Waals surface area contributed by atoms with E-state index >= 15 is 0 Å². The molecule has 0 fully saturated rings. The van der Waals surface area contributed by atoms with Gasteiger partial charge in [0.15, 0.2) is 5.65 Å². The Hall–Kier alpha value is -2.60. The molecule has 3 N–H and O–H groups in total. The Bertz CT molecular complexity index is 752. The lowest BCUT2D eigenvalue weighted by atomic mass is 10.2. The number of aliphatic hydroxyl groups is 1. The van der Waals surface area contributed by atoms with E-state index in [-0.39, 0.29) is 18.4 Å². The van der Waals surface area contributed by atoms with Crippen LogP contribution in [0.1, 0.15) is 6.92 Å². The largest absolute Gasteiger partial charge is 0.508 e. The second-order valence-corrected chi connectivity index (χ2v) is 4.91. The van der Waals surface area contributed by atoms with Crippen LogP contribution in [0.3, 0.4) is 0 Å². The summed E-state index contributed by atoms with van der Waals surface area (Å²) in [5, 5.41) is 26.1. The standard InChI is InChI=1S/C15H16N4O2/c1-10(9-20)17-14-6-7-15-16-8-13(19(15)18-14)11-2-4-12(21)5-3-11/h2-8,10,20-21H,9H2,1H3,(H,17,18)/t10-/m1/s1. The smallest absolute Gasteiger partial charge is 0.154 e. The molecule has 2 heterocycles. The molecule has 2 aromatic heterocycles. The number of benzene rings is 1. The summed E-state index contributed by atoms with van der Waals surface area (Å²) in [6.07, 6.45) is 1.74. The molecule has 0 spiro atoms. The molecule has 3 rings (SSSR count). The maximum absolute atomic E-state index is 9.37. The Morgan fingerprint density at radius 3 is 2.67 bits per heavy atom. The van der Waals surface area contributed by atoms with Crippen LogP contribution in [0.25, 0.3) is 16.9 Å². The molecule has 0 radical (unpaired) electrons. The van der Waals surface area contributed by atoms with Gasteiger partial charge in [0.2, 0.25) is 0 Å². The van der Waals surface area contributed by atoms with Crippen LogP contribution in [0.5, 0.6) is 5.75 Å². The quantitative estimate of drug-likeness (QED) is 0.681. The first-order valence-electron chi connectivity index (χ1n) is 6.69. The number of aromatic nitrogens is 3. The molecule has 21 heavy (non-hydrogen) atoms.